The second-order valence-electron chi connectivity index (χ2n) is 4.94. The molecule has 0 bridgehead atoms. The van der Waals surface area contributed by atoms with Gasteiger partial charge in [0.05, 0.1) is 6.61 Å². The van der Waals surface area contributed by atoms with Gasteiger partial charge in [0, 0.05) is 18.0 Å². The lowest BCUT2D eigenvalue weighted by molar-refractivity contribution is -0.145. The fourth-order valence-electron chi connectivity index (χ4n) is 1.98. The number of rotatable bonds is 5. The number of nitrogens with one attached hydrogen (secondary N) is 2. The zero-order chi connectivity index (χ0) is 15.6. The van der Waals surface area contributed by atoms with Crippen molar-refractivity contribution >= 4 is 22.8 Å². The highest BCUT2D eigenvalue weighted by Gasteiger charge is 2.35. The van der Waals surface area contributed by atoms with Crippen molar-refractivity contribution in [1.82, 2.24) is 10.3 Å². The molecule has 21 heavy (non-hydrogen) atoms. The summed E-state index contributed by atoms with van der Waals surface area (Å²) in [6, 6.07) is 5.52. The molecule has 1 unspecified atom stereocenters. The number of amides is 1. The van der Waals surface area contributed by atoms with Crippen molar-refractivity contribution < 1.29 is 23.8 Å². The van der Waals surface area contributed by atoms with Crippen molar-refractivity contribution in [2.45, 2.75) is 12.5 Å². The van der Waals surface area contributed by atoms with Crippen LogP contribution in [0.1, 0.15) is 17.4 Å². The van der Waals surface area contributed by atoms with Crippen molar-refractivity contribution in [1.29, 1.82) is 0 Å². The summed E-state index contributed by atoms with van der Waals surface area (Å²) in [6.45, 7) is 1.17. The number of aromatic amines is 1. The van der Waals surface area contributed by atoms with E-state index in [0.717, 1.165) is 0 Å². The number of benzene rings is 1. The number of H-pyrrole nitrogens is 1. The number of carbonyl (C=O) groups excluding carboxylic acids is 1. The number of ether oxygens (including phenoxy) is 1. The minimum absolute atomic E-state index is 0.152. The molecule has 3 N–H and O–H groups in total. The molecule has 1 heterocycles. The lowest BCUT2D eigenvalue weighted by atomic mass is 10.0. The minimum atomic E-state index is -1.55. The molecule has 112 valence electrons. The molecule has 1 aromatic heterocycles. The van der Waals surface area contributed by atoms with Gasteiger partial charge in [-0.15, -0.1) is 0 Å². The third-order valence-corrected chi connectivity index (χ3v) is 3.12. The number of carboxylic acid groups (broad SMARTS) is 1. The highest BCUT2D eigenvalue weighted by Crippen LogP contribution is 2.17. The van der Waals surface area contributed by atoms with Crippen LogP contribution in [-0.4, -0.2) is 41.2 Å². The number of aliphatic carboxylic acids is 1. The highest BCUT2D eigenvalue weighted by atomic mass is 19.1. The zero-order valence-electron chi connectivity index (χ0n) is 11.6. The van der Waals surface area contributed by atoms with Crippen LogP contribution in [0.2, 0.25) is 0 Å². The largest absolute Gasteiger partial charge is 0.479 e. The summed E-state index contributed by atoms with van der Waals surface area (Å²) in [5, 5.41) is 12.1. The summed E-state index contributed by atoms with van der Waals surface area (Å²) < 4.78 is 17.9. The quantitative estimate of drug-likeness (QED) is 0.780. The van der Waals surface area contributed by atoms with E-state index in [1.807, 2.05) is 0 Å². The van der Waals surface area contributed by atoms with Gasteiger partial charge in [-0.3, -0.25) is 4.79 Å². The summed E-state index contributed by atoms with van der Waals surface area (Å²) in [4.78, 5) is 26.2. The predicted molar refractivity (Wildman–Crippen MR) is 73.6 cm³/mol. The summed E-state index contributed by atoms with van der Waals surface area (Å²) in [6.07, 6.45) is 0. The van der Waals surface area contributed by atoms with Crippen LogP contribution < -0.4 is 5.32 Å². The van der Waals surface area contributed by atoms with E-state index >= 15 is 0 Å². The Labute approximate surface area is 119 Å². The van der Waals surface area contributed by atoms with Gasteiger partial charge in [0.2, 0.25) is 0 Å². The van der Waals surface area contributed by atoms with Gasteiger partial charge in [0.15, 0.2) is 5.54 Å². The molecule has 0 spiro atoms. The molecular formula is C14H15FN2O4. The number of hydrogen-bond donors (Lipinski definition) is 3. The van der Waals surface area contributed by atoms with Gasteiger partial charge < -0.3 is 20.1 Å². The Morgan fingerprint density at radius 1 is 1.43 bits per heavy atom. The molecule has 0 aliphatic rings. The molecule has 0 fully saturated rings. The maximum atomic E-state index is 13.1. The Morgan fingerprint density at radius 3 is 2.76 bits per heavy atom. The Hall–Kier alpha value is -2.41. The lowest BCUT2D eigenvalue weighted by Gasteiger charge is -2.24. The van der Waals surface area contributed by atoms with E-state index in [-0.39, 0.29) is 12.3 Å². The second kappa shape index (κ2) is 5.53. The van der Waals surface area contributed by atoms with Crippen molar-refractivity contribution in [2.24, 2.45) is 0 Å². The molecule has 0 saturated heterocycles. The van der Waals surface area contributed by atoms with Crippen LogP contribution in [0.15, 0.2) is 24.3 Å². The van der Waals surface area contributed by atoms with Crippen LogP contribution in [0, 0.1) is 5.82 Å². The number of hydrogen-bond acceptors (Lipinski definition) is 3. The standard InChI is InChI=1S/C14H15FN2O4/c1-14(7-21-2,13(19)20)17-12(18)11-6-8-5-9(15)3-4-10(8)16-11/h3-6,16H,7H2,1-2H3,(H,17,18)(H,19,20). The number of fused-ring (bicyclic) bond motifs is 1. The van der Waals surface area contributed by atoms with Crippen LogP contribution in [0.25, 0.3) is 10.9 Å². The number of aromatic nitrogens is 1. The normalized spacial score (nSPS) is 13.9. The second-order valence-corrected chi connectivity index (χ2v) is 4.94. The van der Waals surface area contributed by atoms with Gasteiger partial charge in [0.1, 0.15) is 11.5 Å². The minimum Gasteiger partial charge on any atom is -0.479 e. The Morgan fingerprint density at radius 2 is 2.14 bits per heavy atom. The Balaban J connectivity index is 2.27. The molecular weight excluding hydrogens is 279 g/mol. The smallest absolute Gasteiger partial charge is 0.331 e. The van der Waals surface area contributed by atoms with Gasteiger partial charge in [0.25, 0.3) is 5.91 Å². The molecule has 1 amide bonds. The van der Waals surface area contributed by atoms with E-state index in [9.17, 15) is 19.1 Å². The molecule has 0 aliphatic carbocycles. The van der Waals surface area contributed by atoms with Crippen molar-refractivity contribution in [3.63, 3.8) is 0 Å². The number of carboxylic acids is 1. The first kappa shape index (κ1) is 15.0. The van der Waals surface area contributed by atoms with Gasteiger partial charge >= 0.3 is 5.97 Å². The van der Waals surface area contributed by atoms with E-state index in [1.165, 1.54) is 38.3 Å². The third kappa shape index (κ3) is 3.03. The molecule has 2 rings (SSSR count). The molecule has 6 nitrogen and oxygen atoms in total. The Kier molecular flexibility index (Phi) is 3.95. The van der Waals surface area contributed by atoms with Crippen LogP contribution in [-0.2, 0) is 9.53 Å². The first-order valence-electron chi connectivity index (χ1n) is 6.19. The van der Waals surface area contributed by atoms with Gasteiger partial charge in [-0.1, -0.05) is 0 Å². The zero-order valence-corrected chi connectivity index (χ0v) is 11.6. The first-order chi connectivity index (χ1) is 9.85. The fraction of sp³-hybridized carbons (Fsp3) is 0.286. The molecule has 1 atom stereocenters. The molecule has 0 radical (unpaired) electrons. The van der Waals surface area contributed by atoms with E-state index in [1.54, 1.807) is 0 Å². The summed E-state index contributed by atoms with van der Waals surface area (Å²) in [5.74, 6) is -2.23. The van der Waals surface area contributed by atoms with Crippen molar-refractivity contribution in [2.75, 3.05) is 13.7 Å². The van der Waals surface area contributed by atoms with Crippen LogP contribution in [0.3, 0.4) is 0 Å². The molecule has 7 heteroatoms. The molecule has 1 aromatic carbocycles. The number of halogens is 1. The van der Waals surface area contributed by atoms with E-state index in [2.05, 4.69) is 10.3 Å². The van der Waals surface area contributed by atoms with E-state index in [0.29, 0.717) is 10.9 Å². The van der Waals surface area contributed by atoms with Crippen LogP contribution >= 0.6 is 0 Å². The number of methoxy groups -OCH3 is 1. The molecule has 2 aromatic rings. The van der Waals surface area contributed by atoms with Gasteiger partial charge in [-0.2, -0.15) is 0 Å². The van der Waals surface area contributed by atoms with E-state index in [4.69, 9.17) is 4.74 Å². The first-order valence-corrected chi connectivity index (χ1v) is 6.19. The summed E-state index contributed by atoms with van der Waals surface area (Å²) in [7, 11) is 1.35. The average Bonchev–Trinajstić information content (AvgIpc) is 2.81. The highest BCUT2D eigenvalue weighted by molar-refractivity contribution is 6.00. The third-order valence-electron chi connectivity index (χ3n) is 3.12. The summed E-state index contributed by atoms with van der Waals surface area (Å²) >= 11 is 0. The van der Waals surface area contributed by atoms with Crippen LogP contribution in [0.5, 0.6) is 0 Å². The van der Waals surface area contributed by atoms with Crippen molar-refractivity contribution in [3.8, 4) is 0 Å². The maximum Gasteiger partial charge on any atom is 0.331 e. The monoisotopic (exact) mass is 294 g/mol. The average molecular weight is 294 g/mol. The molecule has 0 saturated carbocycles. The Bertz CT molecular complexity index is 697. The van der Waals surface area contributed by atoms with Gasteiger partial charge in [-0.05, 0) is 31.2 Å². The molecule has 0 aliphatic heterocycles. The van der Waals surface area contributed by atoms with E-state index < -0.39 is 23.2 Å². The summed E-state index contributed by atoms with van der Waals surface area (Å²) in [5.41, 5.74) is -0.807. The maximum absolute atomic E-state index is 13.1. The van der Waals surface area contributed by atoms with Crippen molar-refractivity contribution in [3.05, 3.63) is 35.8 Å². The van der Waals surface area contributed by atoms with Crippen LogP contribution in [0.4, 0.5) is 4.39 Å². The SMILES string of the molecule is COCC(C)(NC(=O)c1cc2cc(F)ccc2[nH]1)C(=O)O. The fourth-order valence-corrected chi connectivity index (χ4v) is 1.98. The van der Waals surface area contributed by atoms with Gasteiger partial charge in [-0.25, -0.2) is 9.18 Å². The topological polar surface area (TPSA) is 91.4 Å². The number of carbonyl (C=O) groups is 2. The lowest BCUT2D eigenvalue weighted by Crippen LogP contribution is -2.55. The predicted octanol–water partition coefficient (Wildman–Crippen LogP) is 1.53.